The van der Waals surface area contributed by atoms with Gasteiger partial charge in [-0.05, 0) is 43.7 Å². The topological polar surface area (TPSA) is 32.3 Å². The van der Waals surface area contributed by atoms with Crippen molar-refractivity contribution < 1.29 is 9.18 Å². The molecule has 3 nitrogen and oxygen atoms in total. The van der Waals surface area contributed by atoms with Crippen molar-refractivity contribution in [3.63, 3.8) is 0 Å². The molecule has 1 unspecified atom stereocenters. The van der Waals surface area contributed by atoms with Crippen LogP contribution < -0.4 is 5.32 Å². The van der Waals surface area contributed by atoms with Gasteiger partial charge in [0.2, 0.25) is 0 Å². The Balaban J connectivity index is 2.07. The Morgan fingerprint density at radius 1 is 1.10 bits per heavy atom. The van der Waals surface area contributed by atoms with E-state index in [0.29, 0.717) is 5.56 Å². The summed E-state index contributed by atoms with van der Waals surface area (Å²) < 4.78 is 13.1. The average Bonchev–Trinajstić information content (AvgIpc) is 2.47. The number of hydrogen-bond donors (Lipinski definition) is 1. The minimum absolute atomic E-state index is 0.00586. The molecule has 0 saturated carbocycles. The van der Waals surface area contributed by atoms with Gasteiger partial charge in [0.15, 0.2) is 0 Å². The molecule has 2 aromatic carbocycles. The number of amides is 1. The Morgan fingerprint density at radius 3 is 2.43 bits per heavy atom. The van der Waals surface area contributed by atoms with Gasteiger partial charge in [-0.1, -0.05) is 24.3 Å². The third-order valence-corrected chi connectivity index (χ3v) is 3.70. The third-order valence-electron chi connectivity index (χ3n) is 3.70. The van der Waals surface area contributed by atoms with Gasteiger partial charge in [0.05, 0.1) is 5.56 Å². The van der Waals surface area contributed by atoms with Gasteiger partial charge >= 0.3 is 0 Å². The molecule has 3 rings (SSSR count). The van der Waals surface area contributed by atoms with Crippen LogP contribution in [-0.2, 0) is 0 Å². The molecule has 0 saturated heterocycles. The lowest BCUT2D eigenvalue weighted by molar-refractivity contribution is 0.0617. The minimum Gasteiger partial charge on any atom is -0.361 e. The van der Waals surface area contributed by atoms with Crippen molar-refractivity contribution in [2.45, 2.75) is 26.1 Å². The maximum atomic E-state index is 13.1. The molecule has 1 atom stereocenters. The highest BCUT2D eigenvalue weighted by molar-refractivity contribution is 6.01. The van der Waals surface area contributed by atoms with Gasteiger partial charge in [0, 0.05) is 11.7 Å². The molecule has 1 aliphatic heterocycles. The Kier molecular flexibility index (Phi) is 3.37. The lowest BCUT2D eigenvalue weighted by Gasteiger charge is -2.40. The van der Waals surface area contributed by atoms with Crippen LogP contribution in [0.15, 0.2) is 48.5 Å². The molecule has 0 bridgehead atoms. The Bertz CT molecular complexity index is 667. The third kappa shape index (κ3) is 2.37. The number of rotatable bonds is 2. The van der Waals surface area contributed by atoms with Gasteiger partial charge in [0.1, 0.15) is 12.0 Å². The van der Waals surface area contributed by atoms with E-state index < -0.39 is 0 Å². The number of anilines is 1. The first-order valence-electron chi connectivity index (χ1n) is 7.01. The highest BCUT2D eigenvalue weighted by atomic mass is 19.1. The summed E-state index contributed by atoms with van der Waals surface area (Å²) in [7, 11) is 0. The zero-order valence-electron chi connectivity index (χ0n) is 12.0. The van der Waals surface area contributed by atoms with Gasteiger partial charge in [-0.2, -0.15) is 0 Å². The number of nitrogens with one attached hydrogen (secondary N) is 1. The Morgan fingerprint density at radius 2 is 1.76 bits per heavy atom. The van der Waals surface area contributed by atoms with Crippen LogP contribution >= 0.6 is 0 Å². The SMILES string of the molecule is CC(C)N1C(=O)c2ccccc2NC1c1ccc(F)cc1. The number of carbonyl (C=O) groups excluding carboxylic acids is 1. The number of carbonyl (C=O) groups is 1. The summed E-state index contributed by atoms with van der Waals surface area (Å²) in [6, 6.07) is 13.8. The van der Waals surface area contributed by atoms with Gasteiger partial charge in [-0.25, -0.2) is 4.39 Å². The number of hydrogen-bond acceptors (Lipinski definition) is 2. The van der Waals surface area contributed by atoms with Crippen LogP contribution in [0, 0.1) is 5.82 Å². The van der Waals surface area contributed by atoms with Crippen LogP contribution in [0.5, 0.6) is 0 Å². The molecule has 0 spiro atoms. The van der Waals surface area contributed by atoms with E-state index in [1.165, 1.54) is 12.1 Å². The van der Waals surface area contributed by atoms with Crippen LogP contribution in [0.25, 0.3) is 0 Å². The molecule has 1 N–H and O–H groups in total. The number of halogens is 1. The fraction of sp³-hybridized carbons (Fsp3) is 0.235. The summed E-state index contributed by atoms with van der Waals surface area (Å²) in [6.45, 7) is 3.95. The average molecular weight is 284 g/mol. The van der Waals surface area contributed by atoms with Gasteiger partial charge in [-0.3, -0.25) is 4.79 Å². The number of fused-ring (bicyclic) bond motifs is 1. The van der Waals surface area contributed by atoms with E-state index in [1.807, 2.05) is 38.1 Å². The van der Waals surface area contributed by atoms with Crippen molar-refractivity contribution in [2.24, 2.45) is 0 Å². The monoisotopic (exact) mass is 284 g/mol. The predicted molar refractivity (Wildman–Crippen MR) is 80.5 cm³/mol. The van der Waals surface area contributed by atoms with Crippen LogP contribution in [0.1, 0.15) is 35.9 Å². The molecule has 21 heavy (non-hydrogen) atoms. The van der Waals surface area contributed by atoms with Crippen LogP contribution in [0.4, 0.5) is 10.1 Å². The number of benzene rings is 2. The second-order valence-corrected chi connectivity index (χ2v) is 5.45. The molecule has 4 heteroatoms. The van der Waals surface area contributed by atoms with Crippen molar-refractivity contribution in [3.8, 4) is 0 Å². The lowest BCUT2D eigenvalue weighted by atomic mass is 10.0. The van der Waals surface area contributed by atoms with E-state index in [4.69, 9.17) is 0 Å². The van der Waals surface area contributed by atoms with Crippen molar-refractivity contribution >= 4 is 11.6 Å². The fourth-order valence-corrected chi connectivity index (χ4v) is 2.69. The number of para-hydroxylation sites is 1. The minimum atomic E-state index is -0.284. The van der Waals surface area contributed by atoms with E-state index in [0.717, 1.165) is 11.3 Å². The van der Waals surface area contributed by atoms with Crippen LogP contribution in [0.2, 0.25) is 0 Å². The summed E-state index contributed by atoms with van der Waals surface area (Å²) >= 11 is 0. The van der Waals surface area contributed by atoms with Crippen molar-refractivity contribution in [2.75, 3.05) is 5.32 Å². The molecule has 1 heterocycles. The zero-order valence-corrected chi connectivity index (χ0v) is 12.0. The van der Waals surface area contributed by atoms with Gasteiger partial charge in [-0.15, -0.1) is 0 Å². The Hall–Kier alpha value is -2.36. The summed E-state index contributed by atoms with van der Waals surface area (Å²) in [5.41, 5.74) is 2.35. The molecule has 2 aromatic rings. The van der Waals surface area contributed by atoms with Crippen molar-refractivity contribution in [1.29, 1.82) is 0 Å². The normalized spacial score (nSPS) is 17.6. The molecule has 0 radical (unpaired) electrons. The summed E-state index contributed by atoms with van der Waals surface area (Å²) in [5, 5.41) is 3.38. The van der Waals surface area contributed by atoms with E-state index in [2.05, 4.69) is 5.32 Å². The molecule has 0 fully saturated rings. The summed E-state index contributed by atoms with van der Waals surface area (Å²) in [6.07, 6.45) is -0.284. The standard InChI is InChI=1S/C17H17FN2O/c1-11(2)20-16(12-7-9-13(18)10-8-12)19-15-6-4-3-5-14(15)17(20)21/h3-11,16,19H,1-2H3. The molecule has 108 valence electrons. The van der Waals surface area contributed by atoms with Crippen LogP contribution in [-0.4, -0.2) is 16.8 Å². The second kappa shape index (κ2) is 5.20. The van der Waals surface area contributed by atoms with Crippen molar-refractivity contribution in [3.05, 3.63) is 65.5 Å². The maximum Gasteiger partial charge on any atom is 0.258 e. The molecule has 1 amide bonds. The molecule has 0 aliphatic carbocycles. The van der Waals surface area contributed by atoms with E-state index in [9.17, 15) is 9.18 Å². The summed E-state index contributed by atoms with van der Waals surface area (Å²) in [5.74, 6) is -0.286. The quantitative estimate of drug-likeness (QED) is 0.909. The van der Waals surface area contributed by atoms with Gasteiger partial charge < -0.3 is 10.2 Å². The highest BCUT2D eigenvalue weighted by Gasteiger charge is 2.34. The zero-order chi connectivity index (χ0) is 15.0. The first kappa shape index (κ1) is 13.6. The molecular weight excluding hydrogens is 267 g/mol. The van der Waals surface area contributed by atoms with Gasteiger partial charge in [0.25, 0.3) is 5.91 Å². The number of nitrogens with zero attached hydrogens (tertiary/aromatic N) is 1. The first-order chi connectivity index (χ1) is 10.1. The molecule has 0 aromatic heterocycles. The first-order valence-corrected chi connectivity index (χ1v) is 7.01. The smallest absolute Gasteiger partial charge is 0.258 e. The molecular formula is C17H17FN2O. The fourth-order valence-electron chi connectivity index (χ4n) is 2.69. The molecule has 1 aliphatic rings. The lowest BCUT2D eigenvalue weighted by Crippen LogP contribution is -2.46. The Labute approximate surface area is 123 Å². The van der Waals surface area contributed by atoms with E-state index in [1.54, 1.807) is 17.0 Å². The highest BCUT2D eigenvalue weighted by Crippen LogP contribution is 2.34. The maximum absolute atomic E-state index is 13.1. The predicted octanol–water partition coefficient (Wildman–Crippen LogP) is 3.80. The van der Waals surface area contributed by atoms with Crippen molar-refractivity contribution in [1.82, 2.24) is 4.90 Å². The van der Waals surface area contributed by atoms with E-state index >= 15 is 0 Å². The largest absolute Gasteiger partial charge is 0.361 e. The summed E-state index contributed by atoms with van der Waals surface area (Å²) in [4.78, 5) is 14.5. The van der Waals surface area contributed by atoms with Crippen LogP contribution in [0.3, 0.4) is 0 Å². The second-order valence-electron chi connectivity index (χ2n) is 5.45. The van der Waals surface area contributed by atoms with E-state index in [-0.39, 0.29) is 23.9 Å².